The summed E-state index contributed by atoms with van der Waals surface area (Å²) in [4.78, 5) is 12.1. The molecule has 0 aliphatic rings. The third kappa shape index (κ3) is 1.17. The molecule has 14 heavy (non-hydrogen) atoms. The molecule has 0 spiro atoms. The maximum Gasteiger partial charge on any atom is 0.222 e. The monoisotopic (exact) mass is 190 g/mol. The van der Waals surface area contributed by atoms with Crippen LogP contribution in [0.2, 0.25) is 0 Å². The standard InChI is InChI=1S/C8H10N6/c1-2-3-5-6-7(13-8(9)12-5)14(10)4-11-6/h2,4H,1,3,10H2,(H2,9,12,13). The zero-order valence-corrected chi connectivity index (χ0v) is 7.51. The summed E-state index contributed by atoms with van der Waals surface area (Å²) < 4.78 is 1.32. The van der Waals surface area contributed by atoms with Gasteiger partial charge in [0, 0.05) is 6.42 Å². The zero-order chi connectivity index (χ0) is 10.1. The SMILES string of the molecule is C=CCc1nc(N)nc2c1ncn2N. The summed E-state index contributed by atoms with van der Waals surface area (Å²) in [6, 6.07) is 0. The number of nitrogens with zero attached hydrogens (tertiary/aromatic N) is 4. The van der Waals surface area contributed by atoms with Crippen molar-refractivity contribution in [2.24, 2.45) is 0 Å². The molecular formula is C8H10N6. The van der Waals surface area contributed by atoms with Gasteiger partial charge in [0.05, 0.1) is 5.69 Å². The summed E-state index contributed by atoms with van der Waals surface area (Å²) >= 11 is 0. The van der Waals surface area contributed by atoms with Gasteiger partial charge in [-0.2, -0.15) is 4.98 Å². The van der Waals surface area contributed by atoms with Gasteiger partial charge >= 0.3 is 0 Å². The number of anilines is 1. The van der Waals surface area contributed by atoms with Gasteiger partial charge in [-0.15, -0.1) is 6.58 Å². The number of nitrogens with two attached hydrogens (primary N) is 2. The van der Waals surface area contributed by atoms with Crippen molar-refractivity contribution in [2.75, 3.05) is 11.6 Å². The summed E-state index contributed by atoms with van der Waals surface area (Å²) in [5.41, 5.74) is 7.48. The topological polar surface area (TPSA) is 95.6 Å². The maximum atomic E-state index is 5.59. The number of rotatable bonds is 2. The molecule has 72 valence electrons. The summed E-state index contributed by atoms with van der Waals surface area (Å²) in [7, 11) is 0. The molecule has 0 bridgehead atoms. The molecule has 0 saturated heterocycles. The van der Waals surface area contributed by atoms with Crippen LogP contribution in [0.15, 0.2) is 19.0 Å². The highest BCUT2D eigenvalue weighted by Gasteiger charge is 2.09. The van der Waals surface area contributed by atoms with Crippen LogP contribution in [0, 0.1) is 0 Å². The molecule has 0 amide bonds. The van der Waals surface area contributed by atoms with E-state index in [4.69, 9.17) is 11.6 Å². The van der Waals surface area contributed by atoms with Crippen molar-refractivity contribution in [1.29, 1.82) is 0 Å². The second kappa shape index (κ2) is 2.99. The van der Waals surface area contributed by atoms with Crippen molar-refractivity contribution in [3.63, 3.8) is 0 Å². The Labute approximate surface area is 80.2 Å². The molecule has 2 rings (SSSR count). The van der Waals surface area contributed by atoms with Crippen molar-refractivity contribution >= 4 is 17.1 Å². The zero-order valence-electron chi connectivity index (χ0n) is 7.51. The smallest absolute Gasteiger partial charge is 0.222 e. The predicted molar refractivity (Wildman–Crippen MR) is 53.8 cm³/mol. The quantitative estimate of drug-likeness (QED) is 0.507. The highest BCUT2D eigenvalue weighted by atomic mass is 15.3. The summed E-state index contributed by atoms with van der Waals surface area (Å²) in [6.07, 6.45) is 3.81. The van der Waals surface area contributed by atoms with E-state index in [1.54, 1.807) is 6.08 Å². The van der Waals surface area contributed by atoms with Crippen LogP contribution in [0.3, 0.4) is 0 Å². The molecule has 0 aliphatic carbocycles. The predicted octanol–water partition coefficient (Wildman–Crippen LogP) is -0.149. The molecule has 0 unspecified atom stereocenters. The van der Waals surface area contributed by atoms with Gasteiger partial charge in [-0.1, -0.05) is 6.08 Å². The van der Waals surface area contributed by atoms with Gasteiger partial charge < -0.3 is 11.6 Å². The van der Waals surface area contributed by atoms with Crippen molar-refractivity contribution < 1.29 is 0 Å². The van der Waals surface area contributed by atoms with Gasteiger partial charge in [-0.25, -0.2) is 14.6 Å². The fourth-order valence-electron chi connectivity index (χ4n) is 1.27. The highest BCUT2D eigenvalue weighted by Crippen LogP contribution is 2.14. The van der Waals surface area contributed by atoms with Crippen molar-refractivity contribution in [3.05, 3.63) is 24.7 Å². The fraction of sp³-hybridized carbons (Fsp3) is 0.125. The number of nitrogen functional groups attached to an aromatic ring is 2. The lowest BCUT2D eigenvalue weighted by Gasteiger charge is -1.99. The first-order valence-electron chi connectivity index (χ1n) is 4.07. The largest absolute Gasteiger partial charge is 0.368 e. The Morgan fingerprint density at radius 3 is 3.00 bits per heavy atom. The molecule has 0 aromatic carbocycles. The third-order valence-corrected chi connectivity index (χ3v) is 1.85. The second-order valence-corrected chi connectivity index (χ2v) is 2.85. The Hall–Kier alpha value is -2.11. The summed E-state index contributed by atoms with van der Waals surface area (Å²) in [5.74, 6) is 5.79. The summed E-state index contributed by atoms with van der Waals surface area (Å²) in [5, 5.41) is 0. The van der Waals surface area contributed by atoms with Crippen molar-refractivity contribution in [1.82, 2.24) is 19.6 Å². The maximum absolute atomic E-state index is 5.59. The number of hydrogen-bond donors (Lipinski definition) is 2. The molecule has 0 atom stereocenters. The molecule has 2 aromatic heterocycles. The minimum atomic E-state index is 0.196. The molecule has 0 saturated carbocycles. The number of aromatic nitrogens is 4. The van der Waals surface area contributed by atoms with Crippen molar-refractivity contribution in [3.8, 4) is 0 Å². The minimum absolute atomic E-state index is 0.196. The molecule has 0 aliphatic heterocycles. The van der Waals surface area contributed by atoms with E-state index in [0.717, 1.165) is 5.69 Å². The van der Waals surface area contributed by atoms with Crippen LogP contribution >= 0.6 is 0 Å². The first kappa shape index (κ1) is 8.49. The van der Waals surface area contributed by atoms with Crippen molar-refractivity contribution in [2.45, 2.75) is 6.42 Å². The molecule has 0 radical (unpaired) electrons. The lowest BCUT2D eigenvalue weighted by atomic mass is 10.3. The van der Waals surface area contributed by atoms with Crippen LogP contribution in [0.5, 0.6) is 0 Å². The van der Waals surface area contributed by atoms with Crippen LogP contribution in [-0.2, 0) is 6.42 Å². The van der Waals surface area contributed by atoms with Gasteiger partial charge in [-0.3, -0.25) is 0 Å². The molecule has 0 fully saturated rings. The minimum Gasteiger partial charge on any atom is -0.368 e. The third-order valence-electron chi connectivity index (χ3n) is 1.85. The molecule has 2 heterocycles. The van der Waals surface area contributed by atoms with Crippen LogP contribution in [0.4, 0.5) is 5.95 Å². The van der Waals surface area contributed by atoms with E-state index in [1.807, 2.05) is 0 Å². The van der Waals surface area contributed by atoms with Crippen LogP contribution in [0.1, 0.15) is 5.69 Å². The average Bonchev–Trinajstić information content (AvgIpc) is 2.49. The molecule has 4 N–H and O–H groups in total. The van der Waals surface area contributed by atoms with E-state index >= 15 is 0 Å². The van der Waals surface area contributed by atoms with Gasteiger partial charge in [0.2, 0.25) is 5.95 Å². The second-order valence-electron chi connectivity index (χ2n) is 2.85. The number of imidazole rings is 1. The average molecular weight is 190 g/mol. The number of hydrogen-bond acceptors (Lipinski definition) is 5. The molecule has 6 nitrogen and oxygen atoms in total. The lowest BCUT2D eigenvalue weighted by Crippen LogP contribution is -2.08. The van der Waals surface area contributed by atoms with E-state index in [-0.39, 0.29) is 5.95 Å². The Bertz CT molecular complexity index is 486. The first-order valence-corrected chi connectivity index (χ1v) is 4.07. The Kier molecular flexibility index (Phi) is 1.81. The van der Waals surface area contributed by atoms with Gasteiger partial charge in [-0.05, 0) is 0 Å². The summed E-state index contributed by atoms with van der Waals surface area (Å²) in [6.45, 7) is 3.63. The normalized spacial score (nSPS) is 10.6. The lowest BCUT2D eigenvalue weighted by molar-refractivity contribution is 1.01. The van der Waals surface area contributed by atoms with E-state index in [0.29, 0.717) is 17.6 Å². The van der Waals surface area contributed by atoms with Crippen LogP contribution in [0.25, 0.3) is 11.2 Å². The van der Waals surface area contributed by atoms with E-state index in [1.165, 1.54) is 11.0 Å². The fourth-order valence-corrected chi connectivity index (χ4v) is 1.27. The molecular weight excluding hydrogens is 180 g/mol. The first-order chi connectivity index (χ1) is 6.72. The highest BCUT2D eigenvalue weighted by molar-refractivity contribution is 5.74. The van der Waals surface area contributed by atoms with Crippen LogP contribution < -0.4 is 11.6 Å². The van der Waals surface area contributed by atoms with E-state index in [2.05, 4.69) is 21.5 Å². The Balaban J connectivity index is 2.74. The van der Waals surface area contributed by atoms with Gasteiger partial charge in [0.25, 0.3) is 0 Å². The Morgan fingerprint density at radius 1 is 1.50 bits per heavy atom. The Morgan fingerprint density at radius 2 is 2.29 bits per heavy atom. The van der Waals surface area contributed by atoms with E-state index < -0.39 is 0 Å². The molecule has 6 heteroatoms. The van der Waals surface area contributed by atoms with Gasteiger partial charge in [0.15, 0.2) is 5.65 Å². The number of fused-ring (bicyclic) bond motifs is 1. The van der Waals surface area contributed by atoms with E-state index in [9.17, 15) is 0 Å². The van der Waals surface area contributed by atoms with Crippen LogP contribution in [-0.4, -0.2) is 19.6 Å². The molecule has 2 aromatic rings. The number of allylic oxidation sites excluding steroid dienone is 1. The van der Waals surface area contributed by atoms with Gasteiger partial charge in [0.1, 0.15) is 11.8 Å².